The molecule has 0 amide bonds. The van der Waals surface area contributed by atoms with Gasteiger partial charge in [0.2, 0.25) is 0 Å². The van der Waals surface area contributed by atoms with Crippen LogP contribution < -0.4 is 4.74 Å². The molecule has 0 atom stereocenters. The highest BCUT2D eigenvalue weighted by Gasteiger charge is 2.05. The molecule has 0 bridgehead atoms. The van der Waals surface area contributed by atoms with E-state index in [1.54, 1.807) is 0 Å². The Kier molecular flexibility index (Phi) is 4.82. The molecule has 0 radical (unpaired) electrons. The largest absolute Gasteiger partial charge is 0.494 e. The first-order valence-electron chi connectivity index (χ1n) is 6.83. The summed E-state index contributed by atoms with van der Waals surface area (Å²) in [5.74, 6) is 0.997. The van der Waals surface area contributed by atoms with E-state index in [1.165, 1.54) is 24.1 Å². The Hall–Kier alpha value is -1.28. The first kappa shape index (κ1) is 13.2. The lowest BCUT2D eigenvalue weighted by molar-refractivity contribution is 0.247. The van der Waals surface area contributed by atoms with Crippen LogP contribution in [0.15, 0.2) is 30.4 Å². The van der Waals surface area contributed by atoms with E-state index in [0.717, 1.165) is 31.9 Å². The van der Waals surface area contributed by atoms with E-state index in [9.17, 15) is 0 Å². The predicted octanol–water partition coefficient (Wildman–Crippen LogP) is 3.33. The number of aryl methyl sites for hydroxylation is 2. The molecule has 0 N–H and O–H groups in total. The van der Waals surface area contributed by atoms with Crippen LogP contribution in [0.1, 0.15) is 24.0 Å². The summed E-state index contributed by atoms with van der Waals surface area (Å²) in [6, 6.07) is 6.31. The lowest BCUT2D eigenvalue weighted by atomic mass is 10.1. The second kappa shape index (κ2) is 6.60. The van der Waals surface area contributed by atoms with Gasteiger partial charge in [0.1, 0.15) is 5.75 Å². The van der Waals surface area contributed by atoms with Crippen LogP contribution in [-0.4, -0.2) is 31.1 Å². The van der Waals surface area contributed by atoms with E-state index in [-0.39, 0.29) is 0 Å². The van der Waals surface area contributed by atoms with Crippen molar-refractivity contribution in [3.05, 3.63) is 41.5 Å². The minimum atomic E-state index is 0.808. The Morgan fingerprint density at radius 2 is 2.06 bits per heavy atom. The fourth-order valence-electron chi connectivity index (χ4n) is 2.17. The summed E-state index contributed by atoms with van der Waals surface area (Å²) in [6.07, 6.45) is 6.81. The summed E-state index contributed by atoms with van der Waals surface area (Å²) >= 11 is 0. The van der Waals surface area contributed by atoms with E-state index < -0.39 is 0 Å². The van der Waals surface area contributed by atoms with E-state index in [1.807, 2.05) is 0 Å². The normalized spacial score (nSPS) is 15.9. The minimum Gasteiger partial charge on any atom is -0.494 e. The number of ether oxygens (including phenoxy) is 1. The molecule has 0 fully saturated rings. The van der Waals surface area contributed by atoms with Crippen LogP contribution in [0.5, 0.6) is 5.75 Å². The summed E-state index contributed by atoms with van der Waals surface area (Å²) in [4.78, 5) is 2.48. The van der Waals surface area contributed by atoms with E-state index in [4.69, 9.17) is 4.74 Å². The zero-order valence-electron chi connectivity index (χ0n) is 11.5. The molecule has 0 aromatic heterocycles. The summed E-state index contributed by atoms with van der Waals surface area (Å²) < 4.78 is 5.79. The predicted molar refractivity (Wildman–Crippen MR) is 76.2 cm³/mol. The summed E-state index contributed by atoms with van der Waals surface area (Å²) in [5.41, 5.74) is 2.62. The highest BCUT2D eigenvalue weighted by atomic mass is 16.5. The molecule has 2 rings (SSSR count). The molecule has 1 aromatic carbocycles. The van der Waals surface area contributed by atoms with Crippen molar-refractivity contribution in [3.8, 4) is 5.75 Å². The van der Waals surface area contributed by atoms with Crippen LogP contribution in [0.4, 0.5) is 0 Å². The van der Waals surface area contributed by atoms with Crippen molar-refractivity contribution >= 4 is 0 Å². The molecule has 1 aromatic rings. The molecule has 0 saturated carbocycles. The monoisotopic (exact) mass is 245 g/mol. The highest BCUT2D eigenvalue weighted by molar-refractivity contribution is 5.33. The average Bonchev–Trinajstić information content (AvgIpc) is 2.40. The topological polar surface area (TPSA) is 12.5 Å². The van der Waals surface area contributed by atoms with Crippen LogP contribution in [0.25, 0.3) is 0 Å². The number of benzene rings is 1. The molecule has 1 heterocycles. The second-order valence-electron chi connectivity index (χ2n) is 5.01. The average molecular weight is 245 g/mol. The Morgan fingerprint density at radius 3 is 2.78 bits per heavy atom. The van der Waals surface area contributed by atoms with Gasteiger partial charge in [-0.3, -0.25) is 4.90 Å². The maximum atomic E-state index is 5.79. The molecular weight excluding hydrogens is 222 g/mol. The van der Waals surface area contributed by atoms with Gasteiger partial charge in [0.05, 0.1) is 6.61 Å². The minimum absolute atomic E-state index is 0.808. The Balaban J connectivity index is 1.68. The maximum absolute atomic E-state index is 5.79. The molecule has 2 heteroatoms. The standard InChI is InChI=1S/C16H23NO/c1-14-7-8-16(13-15(14)2)18-12-6-11-17-9-4-3-5-10-17/h3-4,7-8,13H,5-6,9-12H2,1-2H3. The van der Waals surface area contributed by atoms with Crippen LogP contribution in [0.2, 0.25) is 0 Å². The zero-order chi connectivity index (χ0) is 12.8. The van der Waals surface area contributed by atoms with Gasteiger partial charge in [-0.1, -0.05) is 18.2 Å². The highest BCUT2D eigenvalue weighted by Crippen LogP contribution is 2.16. The van der Waals surface area contributed by atoms with Crippen LogP contribution >= 0.6 is 0 Å². The number of nitrogens with zero attached hydrogens (tertiary/aromatic N) is 1. The third kappa shape index (κ3) is 3.88. The van der Waals surface area contributed by atoms with Crippen molar-refractivity contribution < 1.29 is 4.74 Å². The fourth-order valence-corrected chi connectivity index (χ4v) is 2.17. The van der Waals surface area contributed by atoms with Crippen molar-refractivity contribution in [1.29, 1.82) is 0 Å². The van der Waals surface area contributed by atoms with Crippen molar-refractivity contribution in [2.24, 2.45) is 0 Å². The van der Waals surface area contributed by atoms with Gasteiger partial charge in [0.25, 0.3) is 0 Å². The molecule has 1 aliphatic heterocycles. The molecule has 0 unspecified atom stereocenters. The SMILES string of the molecule is Cc1ccc(OCCCN2CC=CCC2)cc1C. The second-order valence-corrected chi connectivity index (χ2v) is 5.01. The van der Waals surface area contributed by atoms with Crippen molar-refractivity contribution in [2.45, 2.75) is 26.7 Å². The molecule has 2 nitrogen and oxygen atoms in total. The molecule has 1 aliphatic rings. The van der Waals surface area contributed by atoms with Gasteiger partial charge in [-0.05, 0) is 49.9 Å². The van der Waals surface area contributed by atoms with Gasteiger partial charge in [-0.2, -0.15) is 0 Å². The maximum Gasteiger partial charge on any atom is 0.119 e. The molecule has 0 saturated heterocycles. The first-order valence-corrected chi connectivity index (χ1v) is 6.83. The van der Waals surface area contributed by atoms with Crippen molar-refractivity contribution in [1.82, 2.24) is 4.90 Å². The smallest absolute Gasteiger partial charge is 0.119 e. The third-order valence-electron chi connectivity index (χ3n) is 3.51. The van der Waals surface area contributed by atoms with Gasteiger partial charge in [0.15, 0.2) is 0 Å². The summed E-state index contributed by atoms with van der Waals surface area (Å²) in [5, 5.41) is 0. The lowest BCUT2D eigenvalue weighted by Gasteiger charge is -2.22. The summed E-state index contributed by atoms with van der Waals surface area (Å²) in [7, 11) is 0. The Morgan fingerprint density at radius 1 is 1.17 bits per heavy atom. The van der Waals surface area contributed by atoms with Crippen molar-refractivity contribution in [2.75, 3.05) is 26.2 Å². The van der Waals surface area contributed by atoms with Gasteiger partial charge in [0, 0.05) is 19.6 Å². The number of hydrogen-bond donors (Lipinski definition) is 0. The molecule has 18 heavy (non-hydrogen) atoms. The zero-order valence-corrected chi connectivity index (χ0v) is 11.5. The van der Waals surface area contributed by atoms with Crippen LogP contribution in [0, 0.1) is 13.8 Å². The lowest BCUT2D eigenvalue weighted by Crippen LogP contribution is -2.29. The van der Waals surface area contributed by atoms with Crippen LogP contribution in [0.3, 0.4) is 0 Å². The Bertz CT molecular complexity index is 412. The van der Waals surface area contributed by atoms with E-state index in [2.05, 4.69) is 49.1 Å². The summed E-state index contributed by atoms with van der Waals surface area (Å²) in [6.45, 7) is 8.49. The third-order valence-corrected chi connectivity index (χ3v) is 3.51. The van der Waals surface area contributed by atoms with E-state index in [0.29, 0.717) is 0 Å². The first-order chi connectivity index (χ1) is 8.75. The van der Waals surface area contributed by atoms with Gasteiger partial charge in [-0.15, -0.1) is 0 Å². The Labute approximate surface area is 110 Å². The quantitative estimate of drug-likeness (QED) is 0.583. The van der Waals surface area contributed by atoms with Gasteiger partial charge < -0.3 is 4.74 Å². The molecule has 98 valence electrons. The van der Waals surface area contributed by atoms with Gasteiger partial charge >= 0.3 is 0 Å². The fraction of sp³-hybridized carbons (Fsp3) is 0.500. The molecule has 0 spiro atoms. The number of hydrogen-bond acceptors (Lipinski definition) is 2. The van der Waals surface area contributed by atoms with Crippen molar-refractivity contribution in [3.63, 3.8) is 0 Å². The van der Waals surface area contributed by atoms with Crippen LogP contribution in [-0.2, 0) is 0 Å². The van der Waals surface area contributed by atoms with E-state index >= 15 is 0 Å². The molecular formula is C16H23NO. The molecule has 0 aliphatic carbocycles. The van der Waals surface area contributed by atoms with Gasteiger partial charge in [-0.25, -0.2) is 0 Å². The number of rotatable bonds is 5.